The molecule has 1 heterocycles. The third-order valence-electron chi connectivity index (χ3n) is 3.21. The Morgan fingerprint density at radius 3 is 2.67 bits per heavy atom. The lowest BCUT2D eigenvalue weighted by Gasteiger charge is -2.04. The average molecular weight is 296 g/mol. The average Bonchev–Trinajstić information content (AvgIpc) is 2.95. The number of nitrogen functional groups attached to an aromatic ring is 1. The smallest absolute Gasteiger partial charge is 0.184 e. The highest BCUT2D eigenvalue weighted by Crippen LogP contribution is 2.28. The zero-order chi connectivity index (χ0) is 14.7. The molecule has 2 aromatic carbocycles. The van der Waals surface area contributed by atoms with Gasteiger partial charge in [0.2, 0.25) is 0 Å². The molecule has 5 heteroatoms. The first-order valence-corrected chi connectivity index (χ1v) is 7.67. The van der Waals surface area contributed by atoms with E-state index in [4.69, 9.17) is 5.73 Å². The summed E-state index contributed by atoms with van der Waals surface area (Å²) in [5.74, 6) is 1.51. The van der Waals surface area contributed by atoms with Crippen LogP contribution >= 0.6 is 11.8 Å². The summed E-state index contributed by atoms with van der Waals surface area (Å²) in [5.41, 5.74) is 9.97. The van der Waals surface area contributed by atoms with Gasteiger partial charge in [-0.05, 0) is 24.1 Å². The van der Waals surface area contributed by atoms with Gasteiger partial charge >= 0.3 is 0 Å². The number of rotatable bonds is 4. The molecular formula is C16H16N4S. The second kappa shape index (κ2) is 6.01. The fourth-order valence-electron chi connectivity index (χ4n) is 2.15. The van der Waals surface area contributed by atoms with Gasteiger partial charge in [-0.1, -0.05) is 54.2 Å². The monoisotopic (exact) mass is 296 g/mol. The summed E-state index contributed by atoms with van der Waals surface area (Å²) in [6, 6.07) is 16.1. The third-order valence-corrected chi connectivity index (χ3v) is 4.15. The van der Waals surface area contributed by atoms with E-state index in [1.807, 2.05) is 43.3 Å². The highest BCUT2D eigenvalue weighted by Gasteiger charge is 2.11. The lowest BCUT2D eigenvalue weighted by atomic mass is 10.1. The summed E-state index contributed by atoms with van der Waals surface area (Å²) in [5, 5.41) is 8.06. The van der Waals surface area contributed by atoms with Crippen molar-refractivity contribution in [3.63, 3.8) is 0 Å². The molecule has 3 rings (SSSR count). The van der Waals surface area contributed by atoms with Crippen LogP contribution in [0, 0.1) is 6.92 Å². The van der Waals surface area contributed by atoms with Crippen molar-refractivity contribution in [3.05, 3.63) is 59.7 Å². The summed E-state index contributed by atoms with van der Waals surface area (Å²) in [6.45, 7) is 2.01. The molecule has 0 radical (unpaired) electrons. The molecule has 3 aromatic rings. The summed E-state index contributed by atoms with van der Waals surface area (Å²) in [4.78, 5) is 4.53. The van der Waals surface area contributed by atoms with E-state index in [0.29, 0.717) is 11.5 Å². The number of nitrogens with two attached hydrogens (primary N) is 1. The molecule has 1 aromatic heterocycles. The van der Waals surface area contributed by atoms with Crippen molar-refractivity contribution in [1.82, 2.24) is 15.2 Å². The molecule has 106 valence electrons. The van der Waals surface area contributed by atoms with E-state index in [2.05, 4.69) is 27.3 Å². The van der Waals surface area contributed by atoms with Crippen LogP contribution in [0.1, 0.15) is 11.1 Å². The molecule has 0 aliphatic rings. The fourth-order valence-corrected chi connectivity index (χ4v) is 2.90. The van der Waals surface area contributed by atoms with E-state index in [1.54, 1.807) is 11.8 Å². The van der Waals surface area contributed by atoms with Gasteiger partial charge in [0.25, 0.3) is 0 Å². The van der Waals surface area contributed by atoms with Crippen LogP contribution in [-0.2, 0) is 5.75 Å². The lowest BCUT2D eigenvalue weighted by Crippen LogP contribution is -1.94. The van der Waals surface area contributed by atoms with Gasteiger partial charge in [-0.2, -0.15) is 5.10 Å². The summed E-state index contributed by atoms with van der Waals surface area (Å²) in [7, 11) is 0. The summed E-state index contributed by atoms with van der Waals surface area (Å²) >= 11 is 1.63. The van der Waals surface area contributed by atoms with Crippen molar-refractivity contribution < 1.29 is 0 Å². The van der Waals surface area contributed by atoms with E-state index in [-0.39, 0.29) is 0 Å². The number of hydrogen-bond donors (Lipinski definition) is 2. The van der Waals surface area contributed by atoms with Crippen LogP contribution in [0.25, 0.3) is 11.4 Å². The Labute approximate surface area is 127 Å². The van der Waals surface area contributed by atoms with Crippen molar-refractivity contribution in [2.75, 3.05) is 5.73 Å². The number of aromatic nitrogens is 3. The Morgan fingerprint density at radius 1 is 1.10 bits per heavy atom. The molecule has 0 bridgehead atoms. The molecule has 0 aliphatic carbocycles. The highest BCUT2D eigenvalue weighted by atomic mass is 32.2. The van der Waals surface area contributed by atoms with Gasteiger partial charge in [-0.25, -0.2) is 4.98 Å². The normalized spacial score (nSPS) is 10.7. The lowest BCUT2D eigenvalue weighted by molar-refractivity contribution is 0.973. The molecule has 0 saturated heterocycles. The number of nitrogens with one attached hydrogen (secondary N) is 1. The molecule has 3 N–H and O–H groups in total. The topological polar surface area (TPSA) is 67.6 Å². The predicted molar refractivity (Wildman–Crippen MR) is 87.0 cm³/mol. The molecule has 0 unspecified atom stereocenters. The van der Waals surface area contributed by atoms with Crippen LogP contribution < -0.4 is 5.73 Å². The molecule has 0 atom stereocenters. The largest absolute Gasteiger partial charge is 0.398 e. The molecule has 4 nitrogen and oxygen atoms in total. The quantitative estimate of drug-likeness (QED) is 0.569. The minimum absolute atomic E-state index is 0.654. The zero-order valence-electron chi connectivity index (χ0n) is 11.7. The minimum atomic E-state index is 0.654. The second-order valence-electron chi connectivity index (χ2n) is 4.78. The molecular weight excluding hydrogens is 280 g/mol. The van der Waals surface area contributed by atoms with Crippen molar-refractivity contribution in [3.8, 4) is 11.4 Å². The first kappa shape index (κ1) is 13.7. The first-order chi connectivity index (χ1) is 10.2. The van der Waals surface area contributed by atoms with Crippen LogP contribution in [0.5, 0.6) is 0 Å². The van der Waals surface area contributed by atoms with Crippen LogP contribution in [0.4, 0.5) is 5.69 Å². The van der Waals surface area contributed by atoms with E-state index < -0.39 is 0 Å². The van der Waals surface area contributed by atoms with Crippen LogP contribution in [0.2, 0.25) is 0 Å². The second-order valence-corrected chi connectivity index (χ2v) is 5.74. The minimum Gasteiger partial charge on any atom is -0.398 e. The molecule has 0 saturated carbocycles. The Kier molecular flexibility index (Phi) is 3.92. The van der Waals surface area contributed by atoms with Crippen molar-refractivity contribution in [2.24, 2.45) is 0 Å². The highest BCUT2D eigenvalue weighted by molar-refractivity contribution is 7.98. The number of aromatic amines is 1. The van der Waals surface area contributed by atoms with Gasteiger partial charge in [-0.15, -0.1) is 0 Å². The summed E-state index contributed by atoms with van der Waals surface area (Å²) < 4.78 is 0. The van der Waals surface area contributed by atoms with Gasteiger partial charge in [0.1, 0.15) is 0 Å². The third kappa shape index (κ3) is 3.08. The van der Waals surface area contributed by atoms with E-state index >= 15 is 0 Å². The zero-order valence-corrected chi connectivity index (χ0v) is 12.5. The van der Waals surface area contributed by atoms with Crippen molar-refractivity contribution in [1.29, 1.82) is 0 Å². The maximum atomic E-state index is 6.03. The number of thioether (sulfide) groups is 1. The maximum Gasteiger partial charge on any atom is 0.184 e. The van der Waals surface area contributed by atoms with E-state index in [1.165, 1.54) is 5.56 Å². The molecule has 0 fully saturated rings. The predicted octanol–water partition coefficient (Wildman–Crippen LogP) is 3.65. The van der Waals surface area contributed by atoms with Crippen LogP contribution in [0.15, 0.2) is 53.7 Å². The van der Waals surface area contributed by atoms with Gasteiger partial charge in [-0.3, -0.25) is 5.10 Å². The number of nitrogens with zero attached hydrogens (tertiary/aromatic N) is 2. The number of anilines is 1. The van der Waals surface area contributed by atoms with E-state index in [9.17, 15) is 0 Å². The standard InChI is InChI=1S/C16H16N4S/c1-11-6-5-9-13(17)14(11)15-18-16(20-19-15)21-10-12-7-3-2-4-8-12/h2-9H,10,17H2,1H3,(H,18,19,20). The first-order valence-electron chi connectivity index (χ1n) is 6.68. The van der Waals surface area contributed by atoms with Gasteiger partial charge < -0.3 is 5.73 Å². The molecule has 21 heavy (non-hydrogen) atoms. The Bertz CT molecular complexity index is 717. The molecule has 0 amide bonds. The van der Waals surface area contributed by atoms with Crippen molar-refractivity contribution >= 4 is 17.4 Å². The van der Waals surface area contributed by atoms with Crippen LogP contribution in [0.3, 0.4) is 0 Å². The number of benzene rings is 2. The molecule has 0 spiro atoms. The molecule has 0 aliphatic heterocycles. The maximum absolute atomic E-state index is 6.03. The van der Waals surface area contributed by atoms with Crippen LogP contribution in [-0.4, -0.2) is 15.2 Å². The van der Waals surface area contributed by atoms with Gasteiger partial charge in [0, 0.05) is 17.0 Å². The van der Waals surface area contributed by atoms with Crippen molar-refractivity contribution in [2.45, 2.75) is 17.8 Å². The number of aryl methyl sites for hydroxylation is 1. The Balaban J connectivity index is 1.78. The van der Waals surface area contributed by atoms with Gasteiger partial charge in [0.05, 0.1) is 0 Å². The summed E-state index contributed by atoms with van der Waals surface area (Å²) in [6.07, 6.45) is 0. The fraction of sp³-hybridized carbons (Fsp3) is 0.125. The Hall–Kier alpha value is -2.27. The number of hydrogen-bond acceptors (Lipinski definition) is 4. The SMILES string of the molecule is Cc1cccc(N)c1-c1n[nH]c(SCc2ccccc2)n1. The number of H-pyrrole nitrogens is 1. The Morgan fingerprint density at radius 2 is 1.90 bits per heavy atom. The van der Waals surface area contributed by atoms with Gasteiger partial charge in [0.15, 0.2) is 11.0 Å². The van der Waals surface area contributed by atoms with E-state index in [0.717, 1.165) is 22.0 Å².